The molecule has 0 spiro atoms. The lowest BCUT2D eigenvalue weighted by atomic mass is 10.0. The number of fused-ring (bicyclic) bond motifs is 1. The maximum absolute atomic E-state index is 6.00. The Labute approximate surface area is 154 Å². The normalized spacial score (nSPS) is 14.8. The van der Waals surface area contributed by atoms with E-state index in [0.29, 0.717) is 16.7 Å². The van der Waals surface area contributed by atoms with Crippen LogP contribution in [-0.2, 0) is 6.42 Å². The van der Waals surface area contributed by atoms with E-state index in [1.165, 1.54) is 22.9 Å². The Morgan fingerprint density at radius 2 is 2.08 bits per heavy atom. The fourth-order valence-electron chi connectivity index (χ4n) is 2.99. The molecular weight excluding hydrogens is 346 g/mol. The number of H-pyrrole nitrogens is 1. The second-order valence-corrected chi connectivity index (χ2v) is 7.05. The molecule has 0 unspecified atom stereocenters. The van der Waals surface area contributed by atoms with Crippen LogP contribution in [0.2, 0.25) is 0 Å². The van der Waals surface area contributed by atoms with Crippen LogP contribution in [0, 0.1) is 0 Å². The van der Waals surface area contributed by atoms with Crippen molar-refractivity contribution >= 4 is 29.8 Å². The zero-order valence-corrected chi connectivity index (χ0v) is 14.7. The molecule has 5 rings (SSSR count). The van der Waals surface area contributed by atoms with Gasteiger partial charge in [-0.3, -0.25) is 5.10 Å². The molecule has 0 atom stereocenters. The maximum Gasteiger partial charge on any atom is 0.209 e. The van der Waals surface area contributed by atoms with Crippen molar-refractivity contribution in [3.8, 4) is 22.9 Å². The number of benzene rings is 1. The molecule has 26 heavy (non-hydrogen) atoms. The summed E-state index contributed by atoms with van der Waals surface area (Å²) < 4.78 is 6.00. The molecule has 1 N–H and O–H groups in total. The van der Waals surface area contributed by atoms with Gasteiger partial charge in [-0.15, -0.1) is 5.10 Å². The lowest BCUT2D eigenvalue weighted by molar-refractivity contribution is 0.592. The number of aromatic amines is 1. The minimum atomic E-state index is 0.629. The number of nitrogens with one attached hydrogen (secondary N) is 1. The predicted octanol–water partition coefficient (Wildman–Crippen LogP) is 4.22. The number of thioether (sulfide) groups is 1. The van der Waals surface area contributed by atoms with E-state index in [2.05, 4.69) is 55.7 Å². The smallest absolute Gasteiger partial charge is 0.209 e. The summed E-state index contributed by atoms with van der Waals surface area (Å²) >= 11 is 1.54. The predicted molar refractivity (Wildman–Crippen MR) is 104 cm³/mol. The van der Waals surface area contributed by atoms with E-state index in [4.69, 9.17) is 4.42 Å². The average molecular weight is 361 g/mol. The summed E-state index contributed by atoms with van der Waals surface area (Å²) in [5.41, 5.74) is 4.72. The highest BCUT2D eigenvalue weighted by Gasteiger charge is 2.14. The molecule has 0 saturated heterocycles. The van der Waals surface area contributed by atoms with Gasteiger partial charge in [0.15, 0.2) is 11.6 Å². The highest BCUT2D eigenvalue weighted by atomic mass is 32.2. The number of hydrogen-bond acceptors (Lipinski definition) is 6. The number of allylic oxidation sites excluding steroid dienone is 1. The third-order valence-electron chi connectivity index (χ3n) is 4.35. The number of furan rings is 1. The van der Waals surface area contributed by atoms with Crippen molar-refractivity contribution in [2.45, 2.75) is 18.0 Å². The van der Waals surface area contributed by atoms with Crippen molar-refractivity contribution in [3.05, 3.63) is 47.5 Å². The minimum absolute atomic E-state index is 0.629. The Bertz CT molecular complexity index is 1060. The van der Waals surface area contributed by atoms with Crippen LogP contribution in [0.15, 0.2) is 56.2 Å². The SMILES string of the molecule is C1=Cc2cc(-c3ccc(-c4nc(SCC5=NN=CC5)n[nH]4)o3)ccc2C1. The van der Waals surface area contributed by atoms with Gasteiger partial charge in [0.1, 0.15) is 5.76 Å². The zero-order chi connectivity index (χ0) is 17.3. The first kappa shape index (κ1) is 15.3. The van der Waals surface area contributed by atoms with Gasteiger partial charge in [0.05, 0.1) is 5.71 Å². The molecule has 3 aromatic rings. The highest BCUT2D eigenvalue weighted by molar-refractivity contribution is 7.99. The van der Waals surface area contributed by atoms with Crippen LogP contribution in [0.25, 0.3) is 29.0 Å². The monoisotopic (exact) mass is 361 g/mol. The summed E-state index contributed by atoms with van der Waals surface area (Å²) in [5, 5.41) is 15.8. The van der Waals surface area contributed by atoms with Crippen LogP contribution in [0.1, 0.15) is 17.5 Å². The molecule has 128 valence electrons. The van der Waals surface area contributed by atoms with Crippen LogP contribution >= 0.6 is 11.8 Å². The van der Waals surface area contributed by atoms with Crippen molar-refractivity contribution in [1.82, 2.24) is 15.2 Å². The van der Waals surface area contributed by atoms with Gasteiger partial charge < -0.3 is 4.42 Å². The molecule has 1 aliphatic carbocycles. The summed E-state index contributed by atoms with van der Waals surface area (Å²) in [7, 11) is 0. The van der Waals surface area contributed by atoms with E-state index >= 15 is 0 Å². The molecule has 0 amide bonds. The molecule has 3 heterocycles. The third-order valence-corrected chi connectivity index (χ3v) is 5.26. The summed E-state index contributed by atoms with van der Waals surface area (Å²) in [4.78, 5) is 4.50. The summed E-state index contributed by atoms with van der Waals surface area (Å²) in [6.45, 7) is 0. The van der Waals surface area contributed by atoms with E-state index in [-0.39, 0.29) is 0 Å². The summed E-state index contributed by atoms with van der Waals surface area (Å²) in [6, 6.07) is 10.3. The van der Waals surface area contributed by atoms with Crippen LogP contribution in [0.5, 0.6) is 0 Å². The number of nitrogens with zero attached hydrogens (tertiary/aromatic N) is 4. The van der Waals surface area contributed by atoms with Gasteiger partial charge in [0, 0.05) is 24.0 Å². The van der Waals surface area contributed by atoms with E-state index in [0.717, 1.165) is 35.6 Å². The number of hydrogen-bond donors (Lipinski definition) is 1. The Kier molecular flexibility index (Phi) is 3.79. The van der Waals surface area contributed by atoms with Crippen molar-refractivity contribution in [2.75, 3.05) is 5.75 Å². The molecule has 1 aromatic carbocycles. The molecule has 0 radical (unpaired) electrons. The zero-order valence-electron chi connectivity index (χ0n) is 13.8. The van der Waals surface area contributed by atoms with Gasteiger partial charge in [-0.1, -0.05) is 36.0 Å². The molecule has 0 saturated carbocycles. The van der Waals surface area contributed by atoms with Crippen molar-refractivity contribution < 1.29 is 4.42 Å². The molecule has 6 nitrogen and oxygen atoms in total. The van der Waals surface area contributed by atoms with Crippen LogP contribution in [0.3, 0.4) is 0 Å². The third kappa shape index (κ3) is 2.90. The Hall–Kier alpha value is -2.93. The Balaban J connectivity index is 1.33. The molecule has 2 aromatic heterocycles. The van der Waals surface area contributed by atoms with Gasteiger partial charge >= 0.3 is 0 Å². The molecule has 7 heteroatoms. The second kappa shape index (κ2) is 6.42. The molecule has 2 aliphatic rings. The van der Waals surface area contributed by atoms with Gasteiger partial charge in [-0.05, 0) is 35.7 Å². The minimum Gasteiger partial charge on any atom is -0.453 e. The van der Waals surface area contributed by atoms with Gasteiger partial charge in [-0.25, -0.2) is 0 Å². The summed E-state index contributed by atoms with van der Waals surface area (Å²) in [6.07, 6.45) is 7.96. The van der Waals surface area contributed by atoms with E-state index in [1.54, 1.807) is 6.21 Å². The largest absolute Gasteiger partial charge is 0.453 e. The standard InChI is InChI=1S/C19H15N5OS/c1-2-12-4-5-14(10-13(12)3-1)16-6-7-17(25-16)18-21-19(24-23-18)26-11-15-8-9-20-22-15/h1,3-7,9-10H,2,8,11H2,(H,21,23,24). The van der Waals surface area contributed by atoms with Crippen LogP contribution < -0.4 is 0 Å². The Morgan fingerprint density at radius 1 is 1.12 bits per heavy atom. The average Bonchev–Trinajstić information content (AvgIpc) is 3.47. The first-order chi connectivity index (χ1) is 12.8. The quantitative estimate of drug-likeness (QED) is 0.690. The molecular formula is C19H15N5OS. The number of aromatic nitrogens is 3. The lowest BCUT2D eigenvalue weighted by Gasteiger charge is -2.01. The van der Waals surface area contributed by atoms with Gasteiger partial charge in [-0.2, -0.15) is 15.2 Å². The molecule has 0 bridgehead atoms. The van der Waals surface area contributed by atoms with E-state index in [1.807, 2.05) is 12.1 Å². The summed E-state index contributed by atoms with van der Waals surface area (Å²) in [5.74, 6) is 2.87. The number of rotatable bonds is 5. The van der Waals surface area contributed by atoms with Crippen molar-refractivity contribution in [2.24, 2.45) is 10.2 Å². The molecule has 1 aliphatic heterocycles. The van der Waals surface area contributed by atoms with Gasteiger partial charge in [0.25, 0.3) is 0 Å². The second-order valence-electron chi connectivity index (χ2n) is 6.11. The first-order valence-electron chi connectivity index (χ1n) is 8.38. The maximum atomic E-state index is 6.00. The van der Waals surface area contributed by atoms with Crippen molar-refractivity contribution in [3.63, 3.8) is 0 Å². The van der Waals surface area contributed by atoms with E-state index in [9.17, 15) is 0 Å². The highest BCUT2D eigenvalue weighted by Crippen LogP contribution is 2.30. The van der Waals surface area contributed by atoms with Crippen molar-refractivity contribution in [1.29, 1.82) is 0 Å². The molecule has 0 fully saturated rings. The lowest BCUT2D eigenvalue weighted by Crippen LogP contribution is -1.98. The van der Waals surface area contributed by atoms with Crippen LogP contribution in [-0.4, -0.2) is 32.9 Å². The first-order valence-corrected chi connectivity index (χ1v) is 9.36. The fourth-order valence-corrected chi connectivity index (χ4v) is 3.73. The topological polar surface area (TPSA) is 79.4 Å². The fraction of sp³-hybridized carbons (Fsp3) is 0.158. The van der Waals surface area contributed by atoms with E-state index < -0.39 is 0 Å². The Morgan fingerprint density at radius 3 is 3.00 bits per heavy atom. The van der Waals surface area contributed by atoms with Gasteiger partial charge in [0.2, 0.25) is 5.16 Å². The van der Waals surface area contributed by atoms with Crippen LogP contribution in [0.4, 0.5) is 0 Å².